The average Bonchev–Trinajstić information content (AvgIpc) is 2.63. The number of hydrazone groups is 1. The molecule has 0 aliphatic heterocycles. The molecule has 13 heavy (non-hydrogen) atoms. The van der Waals surface area contributed by atoms with Gasteiger partial charge in [-0.2, -0.15) is 5.10 Å². The first-order valence-corrected chi connectivity index (χ1v) is 3.92. The number of fused-ring (bicyclic) bond motifs is 1. The molecular formula is C9H10N4. The molecule has 0 saturated carbocycles. The second kappa shape index (κ2) is 2.82. The summed E-state index contributed by atoms with van der Waals surface area (Å²) in [5.74, 6) is 5.43. The topological polar surface area (TPSA) is 80.2 Å². The average molecular weight is 174 g/mol. The van der Waals surface area contributed by atoms with Crippen molar-refractivity contribution in [3.05, 3.63) is 36.0 Å². The molecule has 2 rings (SSSR count). The van der Waals surface area contributed by atoms with Crippen LogP contribution in [-0.2, 0) is 0 Å². The molecule has 0 spiro atoms. The summed E-state index contributed by atoms with van der Waals surface area (Å²) in [4.78, 5) is 3.09. The van der Waals surface area contributed by atoms with E-state index >= 15 is 0 Å². The highest BCUT2D eigenvalue weighted by Gasteiger charge is 1.99. The lowest BCUT2D eigenvalue weighted by molar-refractivity contribution is 1.23. The predicted molar refractivity (Wildman–Crippen MR) is 53.2 cm³/mol. The maximum atomic E-state index is 5.57. The molecular weight excluding hydrogens is 164 g/mol. The van der Waals surface area contributed by atoms with Crippen LogP contribution in [0.1, 0.15) is 5.56 Å². The summed E-state index contributed by atoms with van der Waals surface area (Å²) in [6.07, 6.45) is 1.88. The van der Waals surface area contributed by atoms with Crippen molar-refractivity contribution in [1.29, 1.82) is 0 Å². The van der Waals surface area contributed by atoms with Gasteiger partial charge in [0.2, 0.25) is 0 Å². The monoisotopic (exact) mass is 174 g/mol. The quantitative estimate of drug-likeness (QED) is 0.258. The molecule has 0 saturated heterocycles. The van der Waals surface area contributed by atoms with Gasteiger partial charge in [0, 0.05) is 22.7 Å². The Bertz CT molecular complexity index is 455. The Balaban J connectivity index is 2.60. The van der Waals surface area contributed by atoms with E-state index in [2.05, 4.69) is 10.1 Å². The Labute approximate surface area is 75.2 Å². The molecule has 0 unspecified atom stereocenters. The minimum Gasteiger partial charge on any atom is -0.382 e. The standard InChI is InChI=1S/C9H10N4/c10-9(13-11)7-1-2-8-6(5-7)3-4-12-8/h1-5,12H,11H2,(H2,10,13). The Morgan fingerprint density at radius 1 is 1.31 bits per heavy atom. The van der Waals surface area contributed by atoms with Crippen LogP contribution in [0, 0.1) is 0 Å². The van der Waals surface area contributed by atoms with E-state index in [4.69, 9.17) is 11.6 Å². The van der Waals surface area contributed by atoms with Crippen LogP contribution in [0.25, 0.3) is 10.9 Å². The van der Waals surface area contributed by atoms with Crippen LogP contribution >= 0.6 is 0 Å². The van der Waals surface area contributed by atoms with E-state index < -0.39 is 0 Å². The van der Waals surface area contributed by atoms with Crippen molar-refractivity contribution >= 4 is 16.7 Å². The van der Waals surface area contributed by atoms with Gasteiger partial charge in [0.25, 0.3) is 0 Å². The first kappa shape index (κ1) is 7.67. The van der Waals surface area contributed by atoms with Crippen molar-refractivity contribution in [3.63, 3.8) is 0 Å². The number of hydrogen-bond acceptors (Lipinski definition) is 2. The van der Waals surface area contributed by atoms with Gasteiger partial charge in [0.05, 0.1) is 0 Å². The minimum absolute atomic E-state index is 0.350. The van der Waals surface area contributed by atoms with Crippen LogP contribution in [-0.4, -0.2) is 10.8 Å². The van der Waals surface area contributed by atoms with Gasteiger partial charge in [-0.3, -0.25) is 0 Å². The van der Waals surface area contributed by atoms with Crippen molar-refractivity contribution in [2.24, 2.45) is 16.7 Å². The van der Waals surface area contributed by atoms with Gasteiger partial charge >= 0.3 is 0 Å². The van der Waals surface area contributed by atoms with Crippen molar-refractivity contribution in [2.45, 2.75) is 0 Å². The van der Waals surface area contributed by atoms with E-state index in [0.29, 0.717) is 5.84 Å². The number of nitrogens with two attached hydrogens (primary N) is 2. The van der Waals surface area contributed by atoms with Gasteiger partial charge in [0.1, 0.15) is 5.84 Å². The SMILES string of the molecule is NN=C(N)c1ccc2[nH]ccc2c1. The first-order valence-electron chi connectivity index (χ1n) is 3.92. The maximum Gasteiger partial charge on any atom is 0.150 e. The third-order valence-electron chi connectivity index (χ3n) is 1.99. The normalized spacial score (nSPS) is 12.2. The fourth-order valence-corrected chi connectivity index (χ4v) is 1.29. The number of aromatic amines is 1. The van der Waals surface area contributed by atoms with Gasteiger partial charge in [0.15, 0.2) is 0 Å². The number of aromatic nitrogens is 1. The van der Waals surface area contributed by atoms with Gasteiger partial charge in [-0.15, -0.1) is 0 Å². The van der Waals surface area contributed by atoms with E-state index in [-0.39, 0.29) is 0 Å². The summed E-state index contributed by atoms with van der Waals surface area (Å²) in [7, 11) is 0. The Morgan fingerprint density at radius 2 is 2.15 bits per heavy atom. The molecule has 0 amide bonds. The van der Waals surface area contributed by atoms with Crippen molar-refractivity contribution in [3.8, 4) is 0 Å². The van der Waals surface area contributed by atoms with E-state index in [1.165, 1.54) is 0 Å². The number of H-pyrrole nitrogens is 1. The highest BCUT2D eigenvalue weighted by molar-refractivity contribution is 6.00. The number of rotatable bonds is 1. The lowest BCUT2D eigenvalue weighted by atomic mass is 10.1. The Morgan fingerprint density at radius 3 is 2.92 bits per heavy atom. The lowest BCUT2D eigenvalue weighted by Gasteiger charge is -1.98. The number of hydrogen-bond donors (Lipinski definition) is 3. The third-order valence-corrected chi connectivity index (χ3v) is 1.99. The summed E-state index contributed by atoms with van der Waals surface area (Å²) in [5.41, 5.74) is 7.49. The third kappa shape index (κ3) is 1.22. The number of amidine groups is 1. The maximum absolute atomic E-state index is 5.57. The van der Waals surface area contributed by atoms with Crippen LogP contribution in [0.3, 0.4) is 0 Å². The zero-order chi connectivity index (χ0) is 9.26. The number of nitrogens with one attached hydrogen (secondary N) is 1. The second-order valence-electron chi connectivity index (χ2n) is 2.79. The zero-order valence-corrected chi connectivity index (χ0v) is 6.99. The summed E-state index contributed by atoms with van der Waals surface area (Å²) >= 11 is 0. The molecule has 66 valence electrons. The van der Waals surface area contributed by atoms with Gasteiger partial charge in [-0.1, -0.05) is 0 Å². The van der Waals surface area contributed by atoms with Crippen LogP contribution in [0.5, 0.6) is 0 Å². The Hall–Kier alpha value is -1.97. The molecule has 0 atom stereocenters. The molecule has 1 aromatic carbocycles. The summed E-state index contributed by atoms with van der Waals surface area (Å²) in [6, 6.07) is 7.74. The predicted octanol–water partition coefficient (Wildman–Crippen LogP) is 0.747. The van der Waals surface area contributed by atoms with Crippen molar-refractivity contribution in [2.75, 3.05) is 0 Å². The molecule has 1 aromatic heterocycles. The first-order chi connectivity index (χ1) is 6.31. The van der Waals surface area contributed by atoms with E-state index in [9.17, 15) is 0 Å². The van der Waals surface area contributed by atoms with Crippen LogP contribution < -0.4 is 11.6 Å². The highest BCUT2D eigenvalue weighted by Crippen LogP contribution is 2.13. The molecule has 1 heterocycles. The van der Waals surface area contributed by atoms with Gasteiger partial charge in [-0.05, 0) is 24.3 Å². The van der Waals surface area contributed by atoms with E-state index in [0.717, 1.165) is 16.5 Å². The molecule has 4 nitrogen and oxygen atoms in total. The molecule has 0 fully saturated rings. The van der Waals surface area contributed by atoms with Gasteiger partial charge < -0.3 is 16.6 Å². The summed E-state index contributed by atoms with van der Waals surface area (Å²) in [6.45, 7) is 0. The molecule has 2 aromatic rings. The second-order valence-corrected chi connectivity index (χ2v) is 2.79. The molecule has 0 radical (unpaired) electrons. The lowest BCUT2D eigenvalue weighted by Crippen LogP contribution is -2.15. The van der Waals surface area contributed by atoms with Crippen LogP contribution in [0.15, 0.2) is 35.6 Å². The highest BCUT2D eigenvalue weighted by atomic mass is 15.1. The molecule has 5 N–H and O–H groups in total. The van der Waals surface area contributed by atoms with Crippen LogP contribution in [0.4, 0.5) is 0 Å². The number of nitrogens with zero attached hydrogens (tertiary/aromatic N) is 1. The fraction of sp³-hybridized carbons (Fsp3) is 0. The fourth-order valence-electron chi connectivity index (χ4n) is 1.29. The van der Waals surface area contributed by atoms with Gasteiger partial charge in [-0.25, -0.2) is 0 Å². The van der Waals surface area contributed by atoms with Crippen molar-refractivity contribution < 1.29 is 0 Å². The number of benzene rings is 1. The van der Waals surface area contributed by atoms with E-state index in [1.807, 2.05) is 30.5 Å². The smallest absolute Gasteiger partial charge is 0.150 e. The molecule has 0 aliphatic carbocycles. The van der Waals surface area contributed by atoms with Crippen molar-refractivity contribution in [1.82, 2.24) is 4.98 Å². The van der Waals surface area contributed by atoms with E-state index in [1.54, 1.807) is 0 Å². The Kier molecular flexibility index (Phi) is 1.66. The molecule has 0 aliphatic rings. The molecule has 4 heteroatoms. The summed E-state index contributed by atoms with van der Waals surface area (Å²) < 4.78 is 0. The largest absolute Gasteiger partial charge is 0.382 e. The molecule has 0 bridgehead atoms. The zero-order valence-electron chi connectivity index (χ0n) is 6.99. The summed E-state index contributed by atoms with van der Waals surface area (Å²) in [5, 5.41) is 4.54. The minimum atomic E-state index is 0.350. The van der Waals surface area contributed by atoms with Crippen LogP contribution in [0.2, 0.25) is 0 Å².